The fourth-order valence-electron chi connectivity index (χ4n) is 3.02. The second kappa shape index (κ2) is 9.07. The molecule has 26 heavy (non-hydrogen) atoms. The molecule has 7 nitrogen and oxygen atoms in total. The zero-order valence-corrected chi connectivity index (χ0v) is 16.5. The molecule has 2 fully saturated rings. The van der Waals surface area contributed by atoms with E-state index in [4.69, 9.17) is 10.5 Å². The van der Waals surface area contributed by atoms with Gasteiger partial charge in [-0.25, -0.2) is 13.4 Å². The summed E-state index contributed by atoms with van der Waals surface area (Å²) in [6, 6.07) is 7.55. The topological polar surface area (TPSA) is 88.2 Å². The zero-order valence-electron chi connectivity index (χ0n) is 14.8. The number of ether oxygens (including phenoxy) is 1. The van der Waals surface area contributed by atoms with E-state index in [1.54, 1.807) is 0 Å². The summed E-state index contributed by atoms with van der Waals surface area (Å²) in [5.41, 5.74) is 7.80. The predicted octanol–water partition coefficient (Wildman–Crippen LogP) is 0.712. The fraction of sp³-hybridized carbons (Fsp3) is 0.588. The summed E-state index contributed by atoms with van der Waals surface area (Å²) in [6.45, 7) is 3.96. The fourth-order valence-corrected chi connectivity index (χ4v) is 5.49. The molecule has 0 atom stereocenters. The summed E-state index contributed by atoms with van der Waals surface area (Å²) in [5, 5.41) is 0. The molecule has 0 bridgehead atoms. The number of hydrogen-bond acceptors (Lipinski definition) is 5. The molecule has 0 aromatic heterocycles. The van der Waals surface area contributed by atoms with Gasteiger partial charge in [0.2, 0.25) is 10.0 Å². The highest BCUT2D eigenvalue weighted by molar-refractivity contribution is 7.99. The molecule has 0 aliphatic carbocycles. The number of hydrogen-bond donors (Lipinski definition) is 1. The van der Waals surface area contributed by atoms with E-state index in [0.717, 1.165) is 35.7 Å². The lowest BCUT2D eigenvalue weighted by Crippen LogP contribution is -2.42. The van der Waals surface area contributed by atoms with Gasteiger partial charge in [0.1, 0.15) is 0 Å². The molecular weight excluding hydrogens is 372 g/mol. The normalized spacial score (nSPS) is 20.3. The molecule has 2 heterocycles. The lowest BCUT2D eigenvalue weighted by atomic mass is 10.1. The van der Waals surface area contributed by atoms with Crippen LogP contribution in [0.25, 0.3) is 0 Å². The Morgan fingerprint density at radius 3 is 2.46 bits per heavy atom. The number of morpholine rings is 1. The summed E-state index contributed by atoms with van der Waals surface area (Å²) in [4.78, 5) is 6.59. The Hall–Kier alpha value is -1.29. The molecule has 0 unspecified atom stereocenters. The molecule has 0 radical (unpaired) electrons. The molecule has 2 aliphatic rings. The van der Waals surface area contributed by atoms with E-state index >= 15 is 0 Å². The number of nitrogens with zero attached hydrogens (tertiary/aromatic N) is 3. The van der Waals surface area contributed by atoms with Crippen molar-refractivity contribution < 1.29 is 13.2 Å². The van der Waals surface area contributed by atoms with E-state index in [2.05, 4.69) is 9.89 Å². The van der Waals surface area contributed by atoms with Gasteiger partial charge in [0.05, 0.1) is 25.5 Å². The van der Waals surface area contributed by atoms with Gasteiger partial charge in [-0.05, 0) is 11.1 Å². The van der Waals surface area contributed by atoms with Gasteiger partial charge in [-0.3, -0.25) is 0 Å². The molecule has 0 saturated carbocycles. The monoisotopic (exact) mass is 398 g/mol. The van der Waals surface area contributed by atoms with Crippen molar-refractivity contribution in [2.24, 2.45) is 10.7 Å². The van der Waals surface area contributed by atoms with Gasteiger partial charge < -0.3 is 15.4 Å². The van der Waals surface area contributed by atoms with E-state index in [9.17, 15) is 8.42 Å². The molecule has 9 heteroatoms. The van der Waals surface area contributed by atoms with Crippen LogP contribution in [0.1, 0.15) is 11.1 Å². The third kappa shape index (κ3) is 5.12. The third-order valence-corrected chi connectivity index (χ3v) is 7.34. The smallest absolute Gasteiger partial charge is 0.218 e. The first-order valence-electron chi connectivity index (χ1n) is 8.81. The Bertz CT molecular complexity index is 727. The summed E-state index contributed by atoms with van der Waals surface area (Å²) >= 11 is 1.92. The first-order chi connectivity index (χ1) is 12.6. The van der Waals surface area contributed by atoms with Crippen LogP contribution in [-0.4, -0.2) is 74.5 Å². The van der Waals surface area contributed by atoms with Gasteiger partial charge in [0.25, 0.3) is 0 Å². The molecule has 1 aromatic carbocycles. The van der Waals surface area contributed by atoms with Crippen molar-refractivity contribution in [2.45, 2.75) is 12.3 Å². The van der Waals surface area contributed by atoms with E-state index in [1.165, 1.54) is 4.31 Å². The highest BCUT2D eigenvalue weighted by atomic mass is 32.2. The molecular formula is C17H26N4O3S2. The van der Waals surface area contributed by atoms with Crippen molar-refractivity contribution in [2.75, 3.05) is 50.9 Å². The number of guanidine groups is 1. The van der Waals surface area contributed by atoms with E-state index < -0.39 is 10.0 Å². The van der Waals surface area contributed by atoms with Gasteiger partial charge >= 0.3 is 0 Å². The Kier molecular flexibility index (Phi) is 6.80. The van der Waals surface area contributed by atoms with Crippen LogP contribution in [0.5, 0.6) is 0 Å². The van der Waals surface area contributed by atoms with E-state index in [1.807, 2.05) is 36.0 Å². The SMILES string of the molecule is NC(=NCc1ccccc1CS(=O)(=O)N1CCOCC1)N1CCSCC1. The lowest BCUT2D eigenvalue weighted by molar-refractivity contribution is 0.0729. The van der Waals surface area contributed by atoms with E-state index in [0.29, 0.717) is 38.8 Å². The second-order valence-electron chi connectivity index (χ2n) is 6.31. The number of nitrogens with two attached hydrogens (primary N) is 1. The minimum absolute atomic E-state index is 0.0149. The molecule has 2 aliphatic heterocycles. The Morgan fingerprint density at radius 2 is 1.77 bits per heavy atom. The second-order valence-corrected chi connectivity index (χ2v) is 9.50. The molecule has 2 N–H and O–H groups in total. The van der Waals surface area contributed by atoms with Gasteiger partial charge in [0, 0.05) is 37.7 Å². The molecule has 0 amide bonds. The molecule has 3 rings (SSSR count). The highest BCUT2D eigenvalue weighted by Gasteiger charge is 2.25. The van der Waals surface area contributed by atoms with Crippen LogP contribution in [0.2, 0.25) is 0 Å². The summed E-state index contributed by atoms with van der Waals surface area (Å²) in [7, 11) is -3.36. The lowest BCUT2D eigenvalue weighted by Gasteiger charge is -2.27. The number of benzene rings is 1. The number of aliphatic imine (C=N–C) groups is 1. The Labute approximate surface area is 159 Å². The number of rotatable bonds is 5. The van der Waals surface area contributed by atoms with Crippen molar-refractivity contribution >= 4 is 27.7 Å². The summed E-state index contributed by atoms with van der Waals surface area (Å²) in [6.07, 6.45) is 0. The van der Waals surface area contributed by atoms with Crippen LogP contribution in [0.15, 0.2) is 29.3 Å². The third-order valence-electron chi connectivity index (χ3n) is 4.57. The van der Waals surface area contributed by atoms with E-state index in [-0.39, 0.29) is 5.75 Å². The van der Waals surface area contributed by atoms with Crippen LogP contribution in [-0.2, 0) is 27.1 Å². The van der Waals surface area contributed by atoms with Gasteiger partial charge in [-0.2, -0.15) is 16.1 Å². The van der Waals surface area contributed by atoms with Gasteiger partial charge in [-0.15, -0.1) is 0 Å². The molecule has 0 spiro atoms. The number of sulfonamides is 1. The maximum absolute atomic E-state index is 12.7. The van der Waals surface area contributed by atoms with Crippen LogP contribution < -0.4 is 5.73 Å². The van der Waals surface area contributed by atoms with Crippen LogP contribution >= 0.6 is 11.8 Å². The standard InChI is InChI=1S/C17H26N4O3S2/c18-17(20-7-11-25-12-8-20)19-13-15-3-1-2-4-16(15)14-26(22,23)21-5-9-24-10-6-21/h1-4H,5-14H2,(H2,18,19). The molecule has 1 aromatic rings. The molecule has 2 saturated heterocycles. The van der Waals surface area contributed by atoms with Gasteiger partial charge in [0.15, 0.2) is 5.96 Å². The minimum Gasteiger partial charge on any atom is -0.379 e. The predicted molar refractivity (Wildman–Crippen MR) is 106 cm³/mol. The maximum atomic E-state index is 12.7. The van der Waals surface area contributed by atoms with Crippen molar-refractivity contribution in [3.8, 4) is 0 Å². The first kappa shape index (κ1) is 19.5. The van der Waals surface area contributed by atoms with Crippen molar-refractivity contribution in [1.29, 1.82) is 0 Å². The Balaban J connectivity index is 1.69. The van der Waals surface area contributed by atoms with Crippen LogP contribution in [0.4, 0.5) is 0 Å². The van der Waals surface area contributed by atoms with Crippen molar-refractivity contribution in [3.05, 3.63) is 35.4 Å². The zero-order chi connectivity index (χ0) is 18.4. The van der Waals surface area contributed by atoms with Crippen LogP contribution in [0.3, 0.4) is 0 Å². The molecule has 144 valence electrons. The van der Waals surface area contributed by atoms with Crippen molar-refractivity contribution in [1.82, 2.24) is 9.21 Å². The quantitative estimate of drug-likeness (QED) is 0.581. The summed E-state index contributed by atoms with van der Waals surface area (Å²) in [5.74, 6) is 2.64. The van der Waals surface area contributed by atoms with Crippen molar-refractivity contribution in [3.63, 3.8) is 0 Å². The number of thioether (sulfide) groups is 1. The largest absolute Gasteiger partial charge is 0.379 e. The maximum Gasteiger partial charge on any atom is 0.218 e. The summed E-state index contributed by atoms with van der Waals surface area (Å²) < 4.78 is 32.1. The minimum atomic E-state index is -3.36. The first-order valence-corrected chi connectivity index (χ1v) is 11.6. The highest BCUT2D eigenvalue weighted by Crippen LogP contribution is 2.18. The average molecular weight is 399 g/mol. The average Bonchev–Trinajstić information content (AvgIpc) is 2.68. The van der Waals surface area contributed by atoms with Crippen LogP contribution in [0, 0.1) is 0 Å². The van der Waals surface area contributed by atoms with Gasteiger partial charge in [-0.1, -0.05) is 24.3 Å². The Morgan fingerprint density at radius 1 is 1.12 bits per heavy atom.